The maximum atomic E-state index is 12.6. The Kier molecular flexibility index (Phi) is 24.4. The molecule has 9 heteroatoms. The van der Waals surface area contributed by atoms with E-state index in [1.165, 1.54) is 44.9 Å². The standard InChI is InChI=1S/C35H67N5O4/c1-3-5-7-15-22-31(23-16-8-6-4-2)44-35(43)25-18-12-10-14-20-27-39(26-19-13-9-11-17-24-34(41)42)28-21-29-40-33(37)30-32(36)38-40/h30-31H,3-29,37H2,1-2H3,(H2,36,38)(H,41,42). The van der Waals surface area contributed by atoms with Crippen LogP contribution < -0.4 is 11.5 Å². The Morgan fingerprint density at radius 3 is 1.77 bits per heavy atom. The number of esters is 1. The third kappa shape index (κ3) is 22.3. The smallest absolute Gasteiger partial charge is 0.306 e. The van der Waals surface area contributed by atoms with Crippen molar-refractivity contribution >= 4 is 23.6 Å². The highest BCUT2D eigenvalue weighted by Gasteiger charge is 2.14. The van der Waals surface area contributed by atoms with Gasteiger partial charge in [0.25, 0.3) is 0 Å². The van der Waals surface area contributed by atoms with Gasteiger partial charge in [0, 0.05) is 25.5 Å². The van der Waals surface area contributed by atoms with E-state index in [-0.39, 0.29) is 18.5 Å². The van der Waals surface area contributed by atoms with Crippen LogP contribution in [0.2, 0.25) is 0 Å². The van der Waals surface area contributed by atoms with Gasteiger partial charge in [-0.05, 0) is 77.4 Å². The summed E-state index contributed by atoms with van der Waals surface area (Å²) in [6.07, 6.45) is 24.2. The number of aryl methyl sites for hydroxylation is 1. The number of carbonyl (C=O) groups excluding carboxylic acids is 1. The summed E-state index contributed by atoms with van der Waals surface area (Å²) in [5.41, 5.74) is 11.8. The SMILES string of the molecule is CCCCCCC(CCCCCC)OC(=O)CCCCCCCN(CCCCCCCC(=O)O)CCCn1nc(N)cc1N. The number of nitrogens with zero attached hydrogens (tertiary/aromatic N) is 3. The Morgan fingerprint density at radius 2 is 1.25 bits per heavy atom. The number of carbonyl (C=O) groups is 2. The molecule has 0 saturated heterocycles. The van der Waals surface area contributed by atoms with E-state index in [9.17, 15) is 9.59 Å². The van der Waals surface area contributed by atoms with Gasteiger partial charge in [0.15, 0.2) is 0 Å². The summed E-state index contributed by atoms with van der Waals surface area (Å²) >= 11 is 0. The molecule has 0 aromatic carbocycles. The maximum absolute atomic E-state index is 12.6. The zero-order valence-electron chi connectivity index (χ0n) is 28.4. The molecule has 0 bridgehead atoms. The number of rotatable bonds is 31. The van der Waals surface area contributed by atoms with Crippen molar-refractivity contribution < 1.29 is 19.4 Å². The second kappa shape index (κ2) is 27.1. The van der Waals surface area contributed by atoms with Crippen LogP contribution in [0.4, 0.5) is 11.6 Å². The second-order valence-electron chi connectivity index (χ2n) is 12.7. The Hall–Kier alpha value is -2.29. The molecule has 0 spiro atoms. The molecule has 0 saturated carbocycles. The van der Waals surface area contributed by atoms with Crippen molar-refractivity contribution in [2.45, 2.75) is 174 Å². The number of carboxylic acid groups (broad SMARTS) is 1. The summed E-state index contributed by atoms with van der Waals surface area (Å²) in [6.45, 7) is 8.32. The van der Waals surface area contributed by atoms with Gasteiger partial charge in [-0.3, -0.25) is 9.59 Å². The number of nitrogen functional groups attached to an aromatic ring is 2. The number of hydrogen-bond donors (Lipinski definition) is 3. The Bertz CT molecular complexity index is 835. The van der Waals surface area contributed by atoms with E-state index in [1.807, 2.05) is 0 Å². The lowest BCUT2D eigenvalue weighted by molar-refractivity contribution is -0.150. The number of aromatic nitrogens is 2. The predicted octanol–water partition coefficient (Wildman–Crippen LogP) is 8.36. The first-order chi connectivity index (χ1) is 21.3. The fraction of sp³-hybridized carbons (Fsp3) is 0.857. The van der Waals surface area contributed by atoms with Gasteiger partial charge >= 0.3 is 11.9 Å². The molecule has 44 heavy (non-hydrogen) atoms. The van der Waals surface area contributed by atoms with Crippen LogP contribution in [0.3, 0.4) is 0 Å². The van der Waals surface area contributed by atoms with Crippen LogP contribution in [0.15, 0.2) is 6.07 Å². The zero-order chi connectivity index (χ0) is 32.3. The molecule has 0 aliphatic rings. The van der Waals surface area contributed by atoms with Crippen LogP contribution in [-0.2, 0) is 20.9 Å². The fourth-order valence-corrected chi connectivity index (χ4v) is 5.79. The Labute approximate surface area is 268 Å². The number of nitrogens with two attached hydrogens (primary N) is 2. The zero-order valence-corrected chi connectivity index (χ0v) is 28.4. The minimum atomic E-state index is -0.703. The summed E-state index contributed by atoms with van der Waals surface area (Å²) in [5.74, 6) is 0.356. The lowest BCUT2D eigenvalue weighted by Gasteiger charge is -2.22. The molecule has 1 aromatic heterocycles. The Balaban J connectivity index is 2.31. The second-order valence-corrected chi connectivity index (χ2v) is 12.7. The van der Waals surface area contributed by atoms with Gasteiger partial charge < -0.3 is 26.2 Å². The molecular formula is C35H67N5O4. The largest absolute Gasteiger partial charge is 0.481 e. The molecule has 0 aliphatic carbocycles. The molecule has 1 aromatic rings. The van der Waals surface area contributed by atoms with Crippen molar-refractivity contribution in [3.05, 3.63) is 6.07 Å². The highest BCUT2D eigenvalue weighted by molar-refractivity contribution is 5.69. The molecule has 0 atom stereocenters. The van der Waals surface area contributed by atoms with E-state index in [1.54, 1.807) is 10.7 Å². The van der Waals surface area contributed by atoms with Crippen molar-refractivity contribution in [3.8, 4) is 0 Å². The van der Waals surface area contributed by atoms with E-state index in [4.69, 9.17) is 21.3 Å². The molecule has 0 radical (unpaired) electrons. The average molecular weight is 622 g/mol. The van der Waals surface area contributed by atoms with Gasteiger partial charge in [-0.2, -0.15) is 5.10 Å². The van der Waals surface area contributed by atoms with Crippen molar-refractivity contribution in [2.24, 2.45) is 0 Å². The number of ether oxygens (including phenoxy) is 1. The van der Waals surface area contributed by atoms with Crippen LogP contribution in [-0.4, -0.2) is 57.5 Å². The molecule has 0 amide bonds. The molecule has 0 unspecified atom stereocenters. The normalized spacial score (nSPS) is 11.5. The van der Waals surface area contributed by atoms with Crippen LogP contribution in [0.5, 0.6) is 0 Å². The molecule has 0 fully saturated rings. The van der Waals surface area contributed by atoms with Crippen LogP contribution in [0.1, 0.15) is 162 Å². The lowest BCUT2D eigenvalue weighted by Crippen LogP contribution is -2.28. The van der Waals surface area contributed by atoms with E-state index >= 15 is 0 Å². The average Bonchev–Trinajstić information content (AvgIpc) is 3.31. The van der Waals surface area contributed by atoms with E-state index < -0.39 is 5.97 Å². The minimum Gasteiger partial charge on any atom is -0.481 e. The van der Waals surface area contributed by atoms with Crippen molar-refractivity contribution in [3.63, 3.8) is 0 Å². The molecule has 1 heterocycles. The molecular weight excluding hydrogens is 554 g/mol. The van der Waals surface area contributed by atoms with E-state index in [0.29, 0.717) is 18.1 Å². The summed E-state index contributed by atoms with van der Waals surface area (Å²) in [4.78, 5) is 25.8. The number of aliphatic carboxylic acids is 1. The first-order valence-electron chi connectivity index (χ1n) is 18.1. The fourth-order valence-electron chi connectivity index (χ4n) is 5.79. The quantitative estimate of drug-likeness (QED) is 0.0556. The minimum absolute atomic E-state index is 0.00491. The molecule has 256 valence electrons. The summed E-state index contributed by atoms with van der Waals surface area (Å²) in [5, 5.41) is 13.1. The van der Waals surface area contributed by atoms with Crippen LogP contribution >= 0.6 is 0 Å². The third-order valence-electron chi connectivity index (χ3n) is 8.45. The van der Waals surface area contributed by atoms with Gasteiger partial charge in [-0.15, -0.1) is 0 Å². The van der Waals surface area contributed by atoms with E-state index in [0.717, 1.165) is 116 Å². The van der Waals surface area contributed by atoms with Crippen LogP contribution in [0, 0.1) is 0 Å². The number of carboxylic acids is 1. The monoisotopic (exact) mass is 622 g/mol. The predicted molar refractivity (Wildman–Crippen MR) is 183 cm³/mol. The topological polar surface area (TPSA) is 137 Å². The van der Waals surface area contributed by atoms with Crippen molar-refractivity contribution in [1.29, 1.82) is 0 Å². The first-order valence-corrected chi connectivity index (χ1v) is 18.1. The third-order valence-corrected chi connectivity index (χ3v) is 8.45. The Morgan fingerprint density at radius 1 is 0.750 bits per heavy atom. The summed E-state index contributed by atoms with van der Waals surface area (Å²) in [6, 6.07) is 1.70. The first kappa shape index (κ1) is 39.7. The molecule has 0 aliphatic heterocycles. The van der Waals surface area contributed by atoms with Crippen LogP contribution in [0.25, 0.3) is 0 Å². The maximum Gasteiger partial charge on any atom is 0.306 e. The molecule has 1 rings (SSSR count). The summed E-state index contributed by atoms with van der Waals surface area (Å²) in [7, 11) is 0. The highest BCUT2D eigenvalue weighted by atomic mass is 16.5. The summed E-state index contributed by atoms with van der Waals surface area (Å²) < 4.78 is 7.71. The lowest BCUT2D eigenvalue weighted by atomic mass is 10.0. The number of anilines is 2. The number of unbranched alkanes of at least 4 members (excludes halogenated alkanes) is 14. The molecule has 9 nitrogen and oxygen atoms in total. The van der Waals surface area contributed by atoms with Gasteiger partial charge in [-0.1, -0.05) is 90.9 Å². The van der Waals surface area contributed by atoms with Gasteiger partial charge in [0.05, 0.1) is 0 Å². The van der Waals surface area contributed by atoms with E-state index in [2.05, 4.69) is 23.8 Å². The van der Waals surface area contributed by atoms with Crippen molar-refractivity contribution in [1.82, 2.24) is 14.7 Å². The van der Waals surface area contributed by atoms with Crippen molar-refractivity contribution in [2.75, 3.05) is 31.1 Å². The molecule has 5 N–H and O–H groups in total. The van der Waals surface area contributed by atoms with Gasteiger partial charge in [0.1, 0.15) is 17.7 Å². The van der Waals surface area contributed by atoms with Gasteiger partial charge in [0.2, 0.25) is 0 Å². The van der Waals surface area contributed by atoms with Gasteiger partial charge in [-0.25, -0.2) is 4.68 Å². The highest BCUT2D eigenvalue weighted by Crippen LogP contribution is 2.17. The number of hydrogen-bond acceptors (Lipinski definition) is 7.